The van der Waals surface area contributed by atoms with E-state index in [0.29, 0.717) is 24.0 Å². The molecule has 0 heterocycles. The summed E-state index contributed by atoms with van der Waals surface area (Å²) in [5.74, 6) is 6.06. The summed E-state index contributed by atoms with van der Waals surface area (Å²) in [6.45, 7) is 2.80. The first-order valence-electron chi connectivity index (χ1n) is 7.14. The monoisotopic (exact) mass is 344 g/mol. The molecule has 1 atom stereocenters. The van der Waals surface area contributed by atoms with Gasteiger partial charge in [0.15, 0.2) is 0 Å². The van der Waals surface area contributed by atoms with Crippen molar-refractivity contribution < 1.29 is 9.13 Å². The summed E-state index contributed by atoms with van der Waals surface area (Å²) in [7, 11) is 0. The Kier molecular flexibility index (Phi) is 5.96. The van der Waals surface area contributed by atoms with Gasteiger partial charge in [-0.25, -0.2) is 4.39 Å². The third-order valence-electron chi connectivity index (χ3n) is 3.93. The number of hydrogen-bond acceptors (Lipinski definition) is 3. The van der Waals surface area contributed by atoms with E-state index >= 15 is 0 Å². The quantitative estimate of drug-likeness (QED) is 0.590. The summed E-state index contributed by atoms with van der Waals surface area (Å²) in [5.41, 5.74) is 3.52. The molecule has 1 unspecified atom stereocenters. The number of benzene rings is 1. The number of hydrazine groups is 1. The largest absolute Gasteiger partial charge is 0.378 e. The van der Waals surface area contributed by atoms with Crippen LogP contribution >= 0.6 is 15.9 Å². The van der Waals surface area contributed by atoms with Crippen molar-refractivity contribution >= 4 is 15.9 Å². The van der Waals surface area contributed by atoms with Crippen molar-refractivity contribution in [3.63, 3.8) is 0 Å². The maximum absolute atomic E-state index is 13.8. The lowest BCUT2D eigenvalue weighted by atomic mass is 9.77. The van der Waals surface area contributed by atoms with Gasteiger partial charge >= 0.3 is 0 Å². The van der Waals surface area contributed by atoms with Crippen molar-refractivity contribution in [3.05, 3.63) is 34.1 Å². The van der Waals surface area contributed by atoms with Gasteiger partial charge in [-0.3, -0.25) is 11.3 Å². The summed E-state index contributed by atoms with van der Waals surface area (Å²) in [5, 5.41) is 0. The van der Waals surface area contributed by atoms with Crippen molar-refractivity contribution in [2.45, 2.75) is 44.8 Å². The molecule has 0 amide bonds. The second-order valence-electron chi connectivity index (χ2n) is 5.45. The van der Waals surface area contributed by atoms with Gasteiger partial charge in [-0.15, -0.1) is 0 Å². The molecular weight excluding hydrogens is 323 g/mol. The van der Waals surface area contributed by atoms with E-state index in [4.69, 9.17) is 10.6 Å². The van der Waals surface area contributed by atoms with E-state index in [2.05, 4.69) is 21.4 Å². The molecule has 1 aliphatic carbocycles. The molecule has 1 aromatic rings. The summed E-state index contributed by atoms with van der Waals surface area (Å²) in [6, 6.07) is 5.28. The Morgan fingerprint density at radius 3 is 2.85 bits per heavy atom. The van der Waals surface area contributed by atoms with E-state index in [0.717, 1.165) is 30.3 Å². The molecule has 112 valence electrons. The fraction of sp³-hybridized carbons (Fsp3) is 0.600. The fourth-order valence-electron chi connectivity index (χ4n) is 2.80. The Balaban J connectivity index is 1.84. The maximum Gasteiger partial charge on any atom is 0.127 e. The summed E-state index contributed by atoms with van der Waals surface area (Å²) < 4.78 is 20.1. The minimum atomic E-state index is -0.180. The average Bonchev–Trinajstić information content (AvgIpc) is 2.37. The van der Waals surface area contributed by atoms with Crippen LogP contribution < -0.4 is 11.3 Å². The Labute approximate surface area is 128 Å². The number of hydrogen-bond donors (Lipinski definition) is 2. The topological polar surface area (TPSA) is 47.3 Å². The SMILES string of the molecule is CCOC1CC(CC(Cc2ccc(Br)cc2F)NN)C1. The van der Waals surface area contributed by atoms with Crippen LogP contribution in [0.1, 0.15) is 31.7 Å². The standard InChI is InChI=1S/C15H22BrFN2O/c1-2-20-14-6-10(7-14)5-13(19-18)8-11-3-4-12(16)9-15(11)17/h3-4,9-10,13-14,19H,2,5-8,18H2,1H3. The molecule has 1 fully saturated rings. The molecule has 0 aliphatic heterocycles. The van der Waals surface area contributed by atoms with Crippen LogP contribution in [0.2, 0.25) is 0 Å². The highest BCUT2D eigenvalue weighted by Crippen LogP contribution is 2.34. The summed E-state index contributed by atoms with van der Waals surface area (Å²) in [4.78, 5) is 0. The zero-order valence-corrected chi connectivity index (χ0v) is 13.3. The lowest BCUT2D eigenvalue weighted by molar-refractivity contribution is -0.0290. The molecule has 1 saturated carbocycles. The van der Waals surface area contributed by atoms with Crippen molar-refractivity contribution in [1.29, 1.82) is 0 Å². The minimum Gasteiger partial charge on any atom is -0.378 e. The van der Waals surface area contributed by atoms with Gasteiger partial charge in [-0.1, -0.05) is 22.0 Å². The van der Waals surface area contributed by atoms with Gasteiger partial charge in [-0.05, 0) is 56.2 Å². The highest BCUT2D eigenvalue weighted by molar-refractivity contribution is 9.10. The number of rotatable bonds is 7. The molecule has 2 rings (SSSR count). The van der Waals surface area contributed by atoms with Crippen molar-refractivity contribution in [1.82, 2.24) is 5.43 Å². The molecule has 1 aliphatic rings. The zero-order chi connectivity index (χ0) is 14.5. The van der Waals surface area contributed by atoms with Crippen LogP contribution in [0.5, 0.6) is 0 Å². The maximum atomic E-state index is 13.8. The van der Waals surface area contributed by atoms with Gasteiger partial charge in [0.1, 0.15) is 5.82 Å². The van der Waals surface area contributed by atoms with Crippen molar-refractivity contribution in [3.8, 4) is 0 Å². The molecule has 5 heteroatoms. The minimum absolute atomic E-state index is 0.109. The highest BCUT2D eigenvalue weighted by Gasteiger charge is 2.31. The lowest BCUT2D eigenvalue weighted by Crippen LogP contribution is -2.42. The average molecular weight is 345 g/mol. The molecule has 1 aromatic carbocycles. The van der Waals surface area contributed by atoms with Gasteiger partial charge in [0, 0.05) is 17.1 Å². The van der Waals surface area contributed by atoms with Gasteiger partial charge in [0.2, 0.25) is 0 Å². The molecular formula is C15H22BrFN2O. The fourth-order valence-corrected chi connectivity index (χ4v) is 3.14. The van der Waals surface area contributed by atoms with Crippen LogP contribution in [-0.4, -0.2) is 18.8 Å². The van der Waals surface area contributed by atoms with Crippen LogP contribution in [0.25, 0.3) is 0 Å². The number of halogens is 2. The second kappa shape index (κ2) is 7.50. The molecule has 0 bridgehead atoms. The van der Waals surface area contributed by atoms with Crippen LogP contribution in [0, 0.1) is 11.7 Å². The van der Waals surface area contributed by atoms with Gasteiger partial charge in [-0.2, -0.15) is 0 Å². The smallest absolute Gasteiger partial charge is 0.127 e. The molecule has 0 spiro atoms. The van der Waals surface area contributed by atoms with Crippen LogP contribution in [0.15, 0.2) is 22.7 Å². The molecule has 0 saturated heterocycles. The number of nitrogens with two attached hydrogens (primary N) is 1. The third kappa shape index (κ3) is 4.25. The van der Waals surface area contributed by atoms with Crippen molar-refractivity contribution in [2.24, 2.45) is 11.8 Å². The first kappa shape index (κ1) is 15.9. The van der Waals surface area contributed by atoms with Crippen LogP contribution in [0.3, 0.4) is 0 Å². The molecule has 3 nitrogen and oxygen atoms in total. The van der Waals surface area contributed by atoms with E-state index in [1.807, 2.05) is 19.1 Å². The molecule has 3 N–H and O–H groups in total. The first-order valence-corrected chi connectivity index (χ1v) is 7.93. The third-order valence-corrected chi connectivity index (χ3v) is 4.42. The lowest BCUT2D eigenvalue weighted by Gasteiger charge is -2.37. The molecule has 0 aromatic heterocycles. The van der Waals surface area contributed by atoms with Crippen molar-refractivity contribution in [2.75, 3.05) is 6.61 Å². The van der Waals surface area contributed by atoms with Gasteiger partial charge in [0.25, 0.3) is 0 Å². The molecule has 20 heavy (non-hydrogen) atoms. The van der Waals surface area contributed by atoms with Crippen LogP contribution in [-0.2, 0) is 11.2 Å². The number of ether oxygens (including phenoxy) is 1. The van der Waals surface area contributed by atoms with Crippen LogP contribution in [0.4, 0.5) is 4.39 Å². The molecule has 0 radical (unpaired) electrons. The van der Waals surface area contributed by atoms with E-state index in [9.17, 15) is 4.39 Å². The van der Waals surface area contributed by atoms with E-state index in [1.165, 1.54) is 6.07 Å². The normalized spacial score (nSPS) is 23.4. The Morgan fingerprint density at radius 1 is 1.50 bits per heavy atom. The van der Waals surface area contributed by atoms with Gasteiger partial charge < -0.3 is 4.74 Å². The van der Waals surface area contributed by atoms with E-state index in [-0.39, 0.29) is 11.9 Å². The van der Waals surface area contributed by atoms with Gasteiger partial charge in [0.05, 0.1) is 6.10 Å². The Bertz CT molecular complexity index is 438. The predicted octanol–water partition coefficient (Wildman–Crippen LogP) is 3.17. The Morgan fingerprint density at radius 2 is 2.25 bits per heavy atom. The predicted molar refractivity (Wildman–Crippen MR) is 81.7 cm³/mol. The highest BCUT2D eigenvalue weighted by atomic mass is 79.9. The first-order chi connectivity index (χ1) is 9.62. The van der Waals surface area contributed by atoms with E-state index in [1.54, 1.807) is 0 Å². The summed E-state index contributed by atoms with van der Waals surface area (Å²) >= 11 is 3.27. The zero-order valence-electron chi connectivity index (χ0n) is 11.7. The summed E-state index contributed by atoms with van der Waals surface area (Å²) in [6.07, 6.45) is 4.18. The Hall–Kier alpha value is -0.490. The van der Waals surface area contributed by atoms with E-state index < -0.39 is 0 Å². The number of nitrogens with one attached hydrogen (secondary N) is 1. The second-order valence-corrected chi connectivity index (χ2v) is 6.37.